The number of rotatable bonds is 18. The second kappa shape index (κ2) is 30.8. The van der Waals surface area contributed by atoms with Crippen molar-refractivity contribution in [2.24, 2.45) is 11.8 Å². The average Bonchev–Trinajstić information content (AvgIpc) is 1.62. The Balaban J connectivity index is 0.000000181. The fourth-order valence-electron chi connectivity index (χ4n) is 13.3. The second-order valence-corrected chi connectivity index (χ2v) is 27.0. The van der Waals surface area contributed by atoms with E-state index in [1.165, 1.54) is 46.9 Å². The Morgan fingerprint density at radius 3 is 1.25 bits per heavy atom. The zero-order chi connectivity index (χ0) is 69.4. The van der Waals surface area contributed by atoms with Gasteiger partial charge in [0.2, 0.25) is 11.9 Å². The Morgan fingerprint density at radius 2 is 0.929 bits per heavy atom. The fourth-order valence-corrected chi connectivity index (χ4v) is 14.9. The van der Waals surface area contributed by atoms with Gasteiger partial charge < -0.3 is 45.6 Å². The molecule has 28 heteroatoms. The van der Waals surface area contributed by atoms with Crippen molar-refractivity contribution in [3.05, 3.63) is 143 Å². The first kappa shape index (κ1) is 68.9. The maximum atomic E-state index is 13.6. The number of aromatic nitrogens is 10. The first-order valence-electron chi connectivity index (χ1n) is 33.0. The Labute approximate surface area is 578 Å². The molecule has 4 aliphatic rings. The number of anilines is 6. The summed E-state index contributed by atoms with van der Waals surface area (Å²) in [5.74, 6) is 3.43. The van der Waals surface area contributed by atoms with Crippen molar-refractivity contribution < 1.29 is 38.5 Å². The lowest BCUT2D eigenvalue weighted by Gasteiger charge is -2.32. The molecule has 2 aromatic carbocycles. The zero-order valence-electron chi connectivity index (χ0n) is 55.0. The smallest absolute Gasteiger partial charge is 0.290 e. The van der Waals surface area contributed by atoms with Crippen molar-refractivity contribution in [3.8, 4) is 56.9 Å². The number of nitriles is 2. The zero-order valence-corrected chi connectivity index (χ0v) is 56.7. The molecule has 4 fully saturated rings. The molecule has 4 saturated heterocycles. The first-order valence-corrected chi connectivity index (χ1v) is 34.6. The predicted octanol–water partition coefficient (Wildman–Crippen LogP) is 10.0. The summed E-state index contributed by atoms with van der Waals surface area (Å²) in [4.78, 5) is 81.0. The number of halogens is 2. The Hall–Kier alpha value is -10.1. The van der Waals surface area contributed by atoms with E-state index in [4.69, 9.17) is 49.8 Å². The molecule has 10 aromatic rings. The van der Waals surface area contributed by atoms with Crippen LogP contribution in [0.5, 0.6) is 0 Å². The highest BCUT2D eigenvalue weighted by Crippen LogP contribution is 2.40. The summed E-state index contributed by atoms with van der Waals surface area (Å²) in [6.07, 6.45) is 17.7. The van der Waals surface area contributed by atoms with Gasteiger partial charge in [0.25, 0.3) is 6.47 Å². The monoisotopic (exact) mass is 1380 g/mol. The summed E-state index contributed by atoms with van der Waals surface area (Å²) in [6, 6.07) is 24.0. The number of benzene rings is 2. The molecular formula is C71H74F2N18O6S2. The van der Waals surface area contributed by atoms with E-state index in [0.29, 0.717) is 118 Å². The Morgan fingerprint density at radius 1 is 0.576 bits per heavy atom. The number of pyridine rings is 2. The van der Waals surface area contributed by atoms with Gasteiger partial charge in [-0.2, -0.15) is 10.5 Å². The van der Waals surface area contributed by atoms with Gasteiger partial charge >= 0.3 is 0 Å². The van der Waals surface area contributed by atoms with Crippen LogP contribution < -0.4 is 30.2 Å². The Bertz CT molecular complexity index is 4310. The number of ketones is 2. The van der Waals surface area contributed by atoms with Crippen LogP contribution in [0.3, 0.4) is 0 Å². The minimum absolute atomic E-state index is 0.203. The van der Waals surface area contributed by atoms with E-state index in [0.717, 1.165) is 108 Å². The number of carbonyl (C=O) groups is 3. The topological polar surface area (TPSA) is 308 Å². The SMILES string of the molecule is CCc1nc2ccc(-c3cnc(N4CCC(CC(=O)[C@@H]5C[C@@H](O)CN5)CC4)nc3)cn2c1N(C)c1nc(-c2ccc(F)cc2)c(C#N)s1.CCc1nc2ccc(-c3cnc(N4CCC(CC(=O)[C@@H]5C[C@@H](O)CN5)CC4)nc3)cn2c1N(C)c1nc(-c2ccc(F)cc2)c(C#N)s1.O=CO. The van der Waals surface area contributed by atoms with Gasteiger partial charge in [-0.15, -0.1) is 0 Å². The van der Waals surface area contributed by atoms with Crippen LogP contribution in [0.15, 0.2) is 110 Å². The number of thiazole rings is 2. The van der Waals surface area contributed by atoms with Crippen molar-refractivity contribution in [3.63, 3.8) is 0 Å². The number of aliphatic hydroxyl groups is 2. The summed E-state index contributed by atoms with van der Waals surface area (Å²) in [5, 5.41) is 53.6. The molecule has 0 spiro atoms. The van der Waals surface area contributed by atoms with Crippen LogP contribution in [0.1, 0.15) is 86.4 Å². The highest BCUT2D eigenvalue weighted by atomic mass is 32.1. The lowest BCUT2D eigenvalue weighted by Crippen LogP contribution is -2.37. The molecule has 5 N–H and O–H groups in total. The van der Waals surface area contributed by atoms with Gasteiger partial charge in [-0.05, 0) is 136 Å². The molecule has 0 amide bonds. The van der Waals surface area contributed by atoms with Gasteiger partial charge in [0.15, 0.2) is 10.3 Å². The number of fused-ring (bicyclic) bond motifs is 2. The number of nitrogens with zero attached hydrogens (tertiary/aromatic N) is 16. The van der Waals surface area contributed by atoms with Crippen molar-refractivity contribution in [1.29, 1.82) is 10.5 Å². The molecule has 12 heterocycles. The summed E-state index contributed by atoms with van der Waals surface area (Å²) in [5.41, 5.74) is 9.34. The van der Waals surface area contributed by atoms with Crippen molar-refractivity contribution in [2.75, 3.05) is 73.0 Å². The van der Waals surface area contributed by atoms with Crippen LogP contribution in [0.4, 0.5) is 42.6 Å². The molecule has 99 heavy (non-hydrogen) atoms. The van der Waals surface area contributed by atoms with Crippen molar-refractivity contribution in [1.82, 2.24) is 59.3 Å². The third-order valence-electron chi connectivity index (χ3n) is 18.6. The number of nitrogens with one attached hydrogen (secondary N) is 2. The largest absolute Gasteiger partial charge is 0.483 e. The molecule has 8 aromatic heterocycles. The van der Waals surface area contributed by atoms with Crippen LogP contribution in [-0.4, -0.2) is 160 Å². The summed E-state index contributed by atoms with van der Waals surface area (Å²) in [6.45, 7) is 8.02. The number of Topliss-reactive ketones (excluding diaryl/α,β-unsaturated/α-hetero) is 2. The van der Waals surface area contributed by atoms with Crippen LogP contribution in [-0.2, 0) is 27.2 Å². The molecular weight excluding hydrogens is 1300 g/mol. The molecule has 0 radical (unpaired) electrons. The fraction of sp³-hybridized carbons (Fsp3) is 0.366. The quantitative estimate of drug-likeness (QED) is 0.0499. The molecule has 510 valence electrons. The molecule has 0 saturated carbocycles. The number of carbonyl (C=O) groups excluding carboxylic acids is 2. The highest BCUT2D eigenvalue weighted by molar-refractivity contribution is 7.17. The standard InChI is InChI=1S/2C35H36FN9O2S.CH2O2/c2*1-3-27-33(43(2)35-42-32(30(16-37)48-35)22-4-7-25(36)8-5-22)45-20-23(6-9-31(45)41-27)24-17-39-34(40-18-24)44-12-10-21(11-13-44)14-29(47)28-15-26(46)19-38-28;2-1-3/h2*4-9,17-18,20-21,26,28,38,46H,3,10-15,19H2,1-2H3;1H,(H,2,3)/t2*26-,28+;/m11./s1. The van der Waals surface area contributed by atoms with Crippen LogP contribution in [0.2, 0.25) is 0 Å². The van der Waals surface area contributed by atoms with Gasteiger partial charge in [-0.25, -0.2) is 48.7 Å². The second-order valence-electron chi connectivity index (χ2n) is 25.0. The maximum Gasteiger partial charge on any atom is 0.290 e. The van der Waals surface area contributed by atoms with Crippen LogP contribution >= 0.6 is 22.7 Å². The van der Waals surface area contributed by atoms with Gasteiger partial charge in [0.1, 0.15) is 79.4 Å². The number of β-amino-alcohol motifs (C(OH)–C–C–N with tert-alkyl or cyclic N) is 2. The number of hydrogen-bond donors (Lipinski definition) is 5. The summed E-state index contributed by atoms with van der Waals surface area (Å²) < 4.78 is 31.2. The maximum absolute atomic E-state index is 13.6. The molecule has 0 unspecified atom stereocenters. The summed E-state index contributed by atoms with van der Waals surface area (Å²) in [7, 11) is 3.83. The highest BCUT2D eigenvalue weighted by Gasteiger charge is 2.34. The number of hydrogen-bond acceptors (Lipinski definition) is 23. The number of imidazole rings is 2. The third-order valence-corrected chi connectivity index (χ3v) is 20.7. The van der Waals surface area contributed by atoms with Gasteiger partial charge in [-0.1, -0.05) is 36.5 Å². The first-order chi connectivity index (χ1) is 48.0. The van der Waals surface area contributed by atoms with Crippen molar-refractivity contribution >= 4 is 85.8 Å². The number of aryl methyl sites for hydroxylation is 2. The van der Waals surface area contributed by atoms with E-state index in [1.807, 2.05) is 94.1 Å². The normalized spacial score (nSPS) is 17.9. The molecule has 4 atom stereocenters. The average molecular weight is 1380 g/mol. The van der Waals surface area contributed by atoms with E-state index in [-0.39, 0.29) is 41.8 Å². The van der Waals surface area contributed by atoms with Crippen LogP contribution in [0.25, 0.3) is 56.1 Å². The predicted molar refractivity (Wildman–Crippen MR) is 374 cm³/mol. The van der Waals surface area contributed by atoms with Crippen molar-refractivity contribution in [2.45, 2.75) is 102 Å². The minimum atomic E-state index is -0.425. The molecule has 0 bridgehead atoms. The molecule has 0 aliphatic carbocycles. The summed E-state index contributed by atoms with van der Waals surface area (Å²) >= 11 is 2.56. The van der Waals surface area contributed by atoms with Crippen LogP contribution in [0, 0.1) is 46.1 Å². The van der Waals surface area contributed by atoms with Gasteiger partial charge in [0.05, 0.1) is 35.7 Å². The van der Waals surface area contributed by atoms with E-state index >= 15 is 0 Å². The van der Waals surface area contributed by atoms with E-state index in [2.05, 4.69) is 46.4 Å². The Kier molecular flexibility index (Phi) is 21.4. The van der Waals surface area contributed by atoms with E-state index in [9.17, 15) is 39.1 Å². The minimum Gasteiger partial charge on any atom is -0.483 e. The third kappa shape index (κ3) is 15.3. The molecule has 14 rings (SSSR count). The van der Waals surface area contributed by atoms with E-state index in [1.54, 1.807) is 24.3 Å². The molecule has 24 nitrogen and oxygen atoms in total. The van der Waals surface area contributed by atoms with Gasteiger partial charge in [-0.3, -0.25) is 23.2 Å². The number of piperidine rings is 2. The lowest BCUT2D eigenvalue weighted by molar-refractivity contribution is -0.123. The number of carboxylic acid groups (broad SMARTS) is 1. The molecule has 4 aliphatic heterocycles. The lowest BCUT2D eigenvalue weighted by atomic mass is 9.89. The van der Waals surface area contributed by atoms with E-state index < -0.39 is 12.2 Å². The van der Waals surface area contributed by atoms with Gasteiger partial charge in [0, 0.05) is 137 Å². The number of aliphatic hydroxyl groups excluding tert-OH is 2.